The van der Waals surface area contributed by atoms with Gasteiger partial charge in [0.15, 0.2) is 0 Å². The Hall–Kier alpha value is -2.10. The SMILES string of the molecule is COc1cccnc1-c1cc(N)c(C)cc1F. The Morgan fingerprint density at radius 2 is 2.12 bits per heavy atom. The monoisotopic (exact) mass is 232 g/mol. The normalized spacial score (nSPS) is 10.3. The molecule has 88 valence electrons. The van der Waals surface area contributed by atoms with E-state index in [0.29, 0.717) is 28.3 Å². The van der Waals surface area contributed by atoms with Gasteiger partial charge in [0, 0.05) is 17.4 Å². The first-order chi connectivity index (χ1) is 8.13. The summed E-state index contributed by atoms with van der Waals surface area (Å²) < 4.78 is 19.0. The highest BCUT2D eigenvalue weighted by atomic mass is 19.1. The van der Waals surface area contributed by atoms with Crippen molar-refractivity contribution in [1.82, 2.24) is 4.98 Å². The Labute approximate surface area is 99.1 Å². The molecular formula is C13H13FN2O. The molecule has 0 unspecified atom stereocenters. The van der Waals surface area contributed by atoms with Gasteiger partial charge in [-0.15, -0.1) is 0 Å². The third kappa shape index (κ3) is 2.06. The van der Waals surface area contributed by atoms with E-state index < -0.39 is 0 Å². The molecule has 0 aliphatic rings. The summed E-state index contributed by atoms with van der Waals surface area (Å²) >= 11 is 0. The number of benzene rings is 1. The molecule has 0 fully saturated rings. The summed E-state index contributed by atoms with van der Waals surface area (Å²) in [4.78, 5) is 4.13. The zero-order valence-corrected chi connectivity index (χ0v) is 9.70. The molecule has 1 heterocycles. The van der Waals surface area contributed by atoms with E-state index in [4.69, 9.17) is 10.5 Å². The molecule has 17 heavy (non-hydrogen) atoms. The summed E-state index contributed by atoms with van der Waals surface area (Å²) in [6.07, 6.45) is 1.59. The quantitative estimate of drug-likeness (QED) is 0.810. The fourth-order valence-corrected chi connectivity index (χ4v) is 1.63. The summed E-state index contributed by atoms with van der Waals surface area (Å²) in [5.41, 5.74) is 7.84. The molecule has 2 rings (SSSR count). The maximum Gasteiger partial charge on any atom is 0.145 e. The van der Waals surface area contributed by atoms with Gasteiger partial charge in [0.1, 0.15) is 17.3 Å². The fraction of sp³-hybridized carbons (Fsp3) is 0.154. The molecule has 0 aliphatic carbocycles. The van der Waals surface area contributed by atoms with E-state index in [0.717, 1.165) is 0 Å². The van der Waals surface area contributed by atoms with Gasteiger partial charge in [0.25, 0.3) is 0 Å². The van der Waals surface area contributed by atoms with E-state index in [9.17, 15) is 4.39 Å². The van der Waals surface area contributed by atoms with Gasteiger partial charge in [-0.3, -0.25) is 4.98 Å². The van der Waals surface area contributed by atoms with Crippen LogP contribution in [-0.2, 0) is 0 Å². The lowest BCUT2D eigenvalue weighted by molar-refractivity contribution is 0.414. The van der Waals surface area contributed by atoms with Crippen molar-refractivity contribution in [1.29, 1.82) is 0 Å². The summed E-state index contributed by atoms with van der Waals surface area (Å²) in [7, 11) is 1.52. The second kappa shape index (κ2) is 4.41. The summed E-state index contributed by atoms with van der Waals surface area (Å²) in [5, 5.41) is 0. The first-order valence-electron chi connectivity index (χ1n) is 5.18. The van der Waals surface area contributed by atoms with Crippen LogP contribution in [0.4, 0.5) is 10.1 Å². The first kappa shape index (κ1) is 11.4. The highest BCUT2D eigenvalue weighted by molar-refractivity contribution is 5.71. The molecule has 0 saturated heterocycles. The number of pyridine rings is 1. The minimum Gasteiger partial charge on any atom is -0.494 e. The lowest BCUT2D eigenvalue weighted by atomic mass is 10.1. The van der Waals surface area contributed by atoms with Crippen LogP contribution >= 0.6 is 0 Å². The number of aryl methyl sites for hydroxylation is 1. The number of nitrogens with zero attached hydrogens (tertiary/aromatic N) is 1. The maximum absolute atomic E-state index is 13.9. The molecule has 2 aromatic rings. The van der Waals surface area contributed by atoms with Crippen LogP contribution < -0.4 is 10.5 Å². The van der Waals surface area contributed by atoms with Gasteiger partial charge in [-0.05, 0) is 36.8 Å². The van der Waals surface area contributed by atoms with Crippen LogP contribution in [0.15, 0.2) is 30.5 Å². The third-order valence-electron chi connectivity index (χ3n) is 2.60. The van der Waals surface area contributed by atoms with Crippen molar-refractivity contribution in [2.45, 2.75) is 6.92 Å². The van der Waals surface area contributed by atoms with Crippen molar-refractivity contribution in [3.8, 4) is 17.0 Å². The van der Waals surface area contributed by atoms with Crippen molar-refractivity contribution < 1.29 is 9.13 Å². The number of anilines is 1. The lowest BCUT2D eigenvalue weighted by Crippen LogP contribution is -1.97. The number of hydrogen-bond donors (Lipinski definition) is 1. The van der Waals surface area contributed by atoms with Gasteiger partial charge >= 0.3 is 0 Å². The topological polar surface area (TPSA) is 48.1 Å². The molecule has 0 spiro atoms. The van der Waals surface area contributed by atoms with E-state index in [1.165, 1.54) is 13.2 Å². The number of methoxy groups -OCH3 is 1. The zero-order chi connectivity index (χ0) is 12.4. The van der Waals surface area contributed by atoms with Gasteiger partial charge in [0.05, 0.1) is 7.11 Å². The highest BCUT2D eigenvalue weighted by Crippen LogP contribution is 2.31. The van der Waals surface area contributed by atoms with E-state index in [-0.39, 0.29) is 5.82 Å². The predicted molar refractivity (Wildman–Crippen MR) is 65.3 cm³/mol. The van der Waals surface area contributed by atoms with Gasteiger partial charge in [-0.2, -0.15) is 0 Å². The molecular weight excluding hydrogens is 219 g/mol. The van der Waals surface area contributed by atoms with Crippen LogP contribution in [0, 0.1) is 12.7 Å². The smallest absolute Gasteiger partial charge is 0.145 e. The summed E-state index contributed by atoms with van der Waals surface area (Å²) in [5.74, 6) is 0.170. The molecule has 2 N–H and O–H groups in total. The van der Waals surface area contributed by atoms with Crippen molar-refractivity contribution in [3.63, 3.8) is 0 Å². The van der Waals surface area contributed by atoms with Gasteiger partial charge in [0.2, 0.25) is 0 Å². The van der Waals surface area contributed by atoms with Gasteiger partial charge in [-0.1, -0.05) is 0 Å². The van der Waals surface area contributed by atoms with Crippen LogP contribution in [0.5, 0.6) is 5.75 Å². The van der Waals surface area contributed by atoms with Gasteiger partial charge < -0.3 is 10.5 Å². The minimum atomic E-state index is -0.353. The van der Waals surface area contributed by atoms with Crippen molar-refractivity contribution in [2.24, 2.45) is 0 Å². The highest BCUT2D eigenvalue weighted by Gasteiger charge is 2.13. The molecule has 1 aromatic carbocycles. The third-order valence-corrected chi connectivity index (χ3v) is 2.60. The molecule has 0 aliphatic heterocycles. The van der Waals surface area contributed by atoms with Crippen molar-refractivity contribution >= 4 is 5.69 Å². The molecule has 3 nitrogen and oxygen atoms in total. The number of hydrogen-bond acceptors (Lipinski definition) is 3. The Morgan fingerprint density at radius 1 is 1.35 bits per heavy atom. The number of rotatable bonds is 2. The average Bonchev–Trinajstić information content (AvgIpc) is 2.34. The molecule has 1 aromatic heterocycles. The molecule has 0 atom stereocenters. The Morgan fingerprint density at radius 3 is 2.82 bits per heavy atom. The van der Waals surface area contributed by atoms with E-state index in [1.807, 2.05) is 0 Å². The molecule has 4 heteroatoms. The molecule has 0 saturated carbocycles. The van der Waals surface area contributed by atoms with E-state index >= 15 is 0 Å². The Kier molecular flexibility index (Phi) is 2.95. The van der Waals surface area contributed by atoms with Crippen LogP contribution in [0.2, 0.25) is 0 Å². The second-order valence-electron chi connectivity index (χ2n) is 3.74. The van der Waals surface area contributed by atoms with Crippen molar-refractivity contribution in [3.05, 3.63) is 41.8 Å². The zero-order valence-electron chi connectivity index (χ0n) is 9.70. The van der Waals surface area contributed by atoms with Gasteiger partial charge in [-0.25, -0.2) is 4.39 Å². The minimum absolute atomic E-state index is 0.352. The molecule has 0 radical (unpaired) electrons. The average molecular weight is 232 g/mol. The molecule has 0 amide bonds. The Bertz CT molecular complexity index is 555. The van der Waals surface area contributed by atoms with E-state index in [2.05, 4.69) is 4.98 Å². The number of halogens is 1. The van der Waals surface area contributed by atoms with Crippen molar-refractivity contribution in [2.75, 3.05) is 12.8 Å². The number of nitrogens with two attached hydrogens (primary N) is 1. The fourth-order valence-electron chi connectivity index (χ4n) is 1.63. The lowest BCUT2D eigenvalue weighted by Gasteiger charge is -2.10. The number of nitrogen functional groups attached to an aromatic ring is 1. The molecule has 0 bridgehead atoms. The Balaban J connectivity index is 2.64. The van der Waals surface area contributed by atoms with Crippen LogP contribution in [0.1, 0.15) is 5.56 Å². The standard InChI is InChI=1S/C13H13FN2O/c1-8-6-10(14)9(7-11(8)15)13-12(17-2)4-3-5-16-13/h3-7H,15H2,1-2H3. The van der Waals surface area contributed by atoms with Crippen LogP contribution in [0.3, 0.4) is 0 Å². The van der Waals surface area contributed by atoms with Crippen LogP contribution in [-0.4, -0.2) is 12.1 Å². The predicted octanol–water partition coefficient (Wildman–Crippen LogP) is 2.79. The largest absolute Gasteiger partial charge is 0.494 e. The number of ether oxygens (including phenoxy) is 1. The first-order valence-corrected chi connectivity index (χ1v) is 5.18. The van der Waals surface area contributed by atoms with Crippen LogP contribution in [0.25, 0.3) is 11.3 Å². The summed E-state index contributed by atoms with van der Waals surface area (Å²) in [6.45, 7) is 1.76. The summed E-state index contributed by atoms with van der Waals surface area (Å²) in [6, 6.07) is 6.45. The van der Waals surface area contributed by atoms with E-state index in [1.54, 1.807) is 31.3 Å². The maximum atomic E-state index is 13.9. The second-order valence-corrected chi connectivity index (χ2v) is 3.74. The number of aromatic nitrogens is 1.